The zero-order valence-electron chi connectivity index (χ0n) is 19.3. The molecule has 4 rings (SSSR count). The van der Waals surface area contributed by atoms with Gasteiger partial charge in [-0.3, -0.25) is 4.57 Å². The van der Waals surface area contributed by atoms with Crippen molar-refractivity contribution in [3.8, 4) is 28.2 Å². The predicted molar refractivity (Wildman–Crippen MR) is 131 cm³/mol. The molecule has 1 aromatic heterocycles. The molecule has 0 radical (unpaired) electrons. The second kappa shape index (κ2) is 9.52. The molecular formula is C29H31FN2. The summed E-state index contributed by atoms with van der Waals surface area (Å²) < 4.78 is 15.7. The van der Waals surface area contributed by atoms with E-state index in [1.165, 1.54) is 40.1 Å². The summed E-state index contributed by atoms with van der Waals surface area (Å²) in [4.78, 5) is 4.65. The highest BCUT2D eigenvalue weighted by Crippen LogP contribution is 2.34. The molecule has 4 aromatic rings. The molecule has 0 bridgehead atoms. The van der Waals surface area contributed by atoms with Crippen LogP contribution in [0.4, 0.5) is 4.39 Å². The lowest BCUT2D eigenvalue weighted by molar-refractivity contribution is 0.627. The minimum Gasteiger partial charge on any atom is -0.299 e. The molecular weight excluding hydrogens is 395 g/mol. The quantitative estimate of drug-likeness (QED) is 0.295. The van der Waals surface area contributed by atoms with Gasteiger partial charge in [0.1, 0.15) is 11.6 Å². The van der Waals surface area contributed by atoms with Gasteiger partial charge in [-0.25, -0.2) is 9.37 Å². The number of imidazole rings is 1. The molecule has 0 aliphatic heterocycles. The molecule has 1 heterocycles. The van der Waals surface area contributed by atoms with Gasteiger partial charge >= 0.3 is 0 Å². The van der Waals surface area contributed by atoms with Crippen molar-refractivity contribution in [2.75, 3.05) is 0 Å². The van der Waals surface area contributed by atoms with Crippen LogP contribution < -0.4 is 0 Å². The minimum atomic E-state index is -0.236. The average molecular weight is 427 g/mol. The molecule has 0 saturated heterocycles. The van der Waals surface area contributed by atoms with Crippen LogP contribution in [0.5, 0.6) is 0 Å². The van der Waals surface area contributed by atoms with Gasteiger partial charge in [0.25, 0.3) is 0 Å². The number of benzene rings is 3. The van der Waals surface area contributed by atoms with Crippen molar-refractivity contribution in [3.63, 3.8) is 0 Å². The summed E-state index contributed by atoms with van der Waals surface area (Å²) in [5, 5.41) is 0. The van der Waals surface area contributed by atoms with E-state index in [0.29, 0.717) is 11.8 Å². The van der Waals surface area contributed by atoms with Gasteiger partial charge in [-0.15, -0.1) is 0 Å². The maximum atomic E-state index is 13.5. The number of halogens is 1. The number of rotatable bonds is 7. The third kappa shape index (κ3) is 4.83. The van der Waals surface area contributed by atoms with Crippen molar-refractivity contribution in [1.82, 2.24) is 9.55 Å². The van der Waals surface area contributed by atoms with E-state index in [1.54, 1.807) is 12.1 Å². The Balaban J connectivity index is 1.95. The smallest absolute Gasteiger partial charge is 0.144 e. The van der Waals surface area contributed by atoms with Crippen LogP contribution in [0.1, 0.15) is 38.8 Å². The van der Waals surface area contributed by atoms with Crippen molar-refractivity contribution in [2.24, 2.45) is 11.8 Å². The molecule has 0 saturated carbocycles. The summed E-state index contributed by atoms with van der Waals surface area (Å²) in [6.07, 6.45) is 5.82. The monoisotopic (exact) mass is 426 g/mol. The van der Waals surface area contributed by atoms with Gasteiger partial charge in [-0.2, -0.15) is 0 Å². The van der Waals surface area contributed by atoms with Crippen molar-refractivity contribution in [1.29, 1.82) is 0 Å². The van der Waals surface area contributed by atoms with Crippen LogP contribution in [0, 0.1) is 17.7 Å². The predicted octanol–water partition coefficient (Wildman–Crippen LogP) is 7.74. The van der Waals surface area contributed by atoms with Crippen LogP contribution in [0.25, 0.3) is 28.2 Å². The summed E-state index contributed by atoms with van der Waals surface area (Å²) in [5.41, 5.74) is 7.25. The van der Waals surface area contributed by atoms with Crippen LogP contribution >= 0.6 is 0 Å². The van der Waals surface area contributed by atoms with Gasteiger partial charge in [-0.1, -0.05) is 58.0 Å². The fraction of sp³-hybridized carbons (Fsp3) is 0.276. The van der Waals surface area contributed by atoms with Crippen LogP contribution in [0.3, 0.4) is 0 Å². The lowest BCUT2D eigenvalue weighted by atomic mass is 9.90. The molecule has 0 spiro atoms. The first-order chi connectivity index (χ1) is 15.4. The van der Waals surface area contributed by atoms with Crippen LogP contribution in [-0.4, -0.2) is 9.55 Å². The van der Waals surface area contributed by atoms with E-state index in [1.807, 2.05) is 12.4 Å². The molecule has 0 unspecified atom stereocenters. The largest absolute Gasteiger partial charge is 0.299 e. The number of aromatic nitrogens is 2. The fourth-order valence-electron chi connectivity index (χ4n) is 4.35. The van der Waals surface area contributed by atoms with Crippen LogP contribution in [-0.2, 0) is 12.8 Å². The molecule has 0 N–H and O–H groups in total. The third-order valence-corrected chi connectivity index (χ3v) is 5.62. The standard InChI is InChI=1S/C29H31FN2/c1-20(2)16-25-18-24(22-8-6-5-7-9-22)19-26(17-21(3)4)28(25)32-15-14-31-29(32)23-10-12-27(30)13-11-23/h5-15,18-21H,16-17H2,1-4H3. The summed E-state index contributed by atoms with van der Waals surface area (Å²) in [5.74, 6) is 1.64. The van der Waals surface area contributed by atoms with Gasteiger partial charge in [-0.05, 0) is 83.3 Å². The van der Waals surface area contributed by atoms with Gasteiger partial charge < -0.3 is 0 Å². The normalized spacial score (nSPS) is 11.5. The van der Waals surface area contributed by atoms with Crippen molar-refractivity contribution < 1.29 is 4.39 Å². The Kier molecular flexibility index (Phi) is 6.55. The zero-order chi connectivity index (χ0) is 22.7. The maximum absolute atomic E-state index is 13.5. The molecule has 2 nitrogen and oxygen atoms in total. The van der Waals surface area contributed by atoms with Gasteiger partial charge in [0.05, 0.1) is 5.69 Å². The molecule has 0 aliphatic carbocycles. The zero-order valence-corrected chi connectivity index (χ0v) is 19.3. The highest BCUT2D eigenvalue weighted by molar-refractivity contribution is 5.70. The molecule has 0 amide bonds. The van der Waals surface area contributed by atoms with Gasteiger partial charge in [0.2, 0.25) is 0 Å². The van der Waals surface area contributed by atoms with Crippen molar-refractivity contribution >= 4 is 0 Å². The topological polar surface area (TPSA) is 17.8 Å². The van der Waals surface area contributed by atoms with E-state index >= 15 is 0 Å². The number of nitrogens with zero attached hydrogens (tertiary/aromatic N) is 2. The van der Waals surface area contributed by atoms with Gasteiger partial charge in [0, 0.05) is 18.0 Å². The second-order valence-corrected chi connectivity index (χ2v) is 9.33. The maximum Gasteiger partial charge on any atom is 0.144 e. The lowest BCUT2D eigenvalue weighted by Crippen LogP contribution is -2.10. The molecule has 3 heteroatoms. The van der Waals surface area contributed by atoms with E-state index in [2.05, 4.69) is 79.7 Å². The lowest BCUT2D eigenvalue weighted by Gasteiger charge is -2.22. The first-order valence-corrected chi connectivity index (χ1v) is 11.4. The summed E-state index contributed by atoms with van der Waals surface area (Å²) in [7, 11) is 0. The van der Waals surface area contributed by atoms with E-state index < -0.39 is 0 Å². The Morgan fingerprint density at radius 1 is 0.750 bits per heavy atom. The Labute approximate surface area is 190 Å². The minimum absolute atomic E-state index is 0.236. The molecule has 3 aromatic carbocycles. The Morgan fingerprint density at radius 3 is 1.91 bits per heavy atom. The van der Waals surface area contributed by atoms with E-state index in [9.17, 15) is 4.39 Å². The summed E-state index contributed by atoms with van der Waals surface area (Å²) >= 11 is 0. The van der Waals surface area contributed by atoms with E-state index in [4.69, 9.17) is 0 Å². The Hall–Kier alpha value is -3.20. The van der Waals surface area contributed by atoms with E-state index in [-0.39, 0.29) is 5.82 Å². The molecule has 164 valence electrons. The van der Waals surface area contributed by atoms with Crippen LogP contribution in [0.15, 0.2) is 79.1 Å². The molecule has 32 heavy (non-hydrogen) atoms. The highest BCUT2D eigenvalue weighted by Gasteiger charge is 2.19. The first-order valence-electron chi connectivity index (χ1n) is 11.4. The van der Waals surface area contributed by atoms with Crippen LogP contribution in [0.2, 0.25) is 0 Å². The van der Waals surface area contributed by atoms with Gasteiger partial charge in [0.15, 0.2) is 0 Å². The fourth-order valence-corrected chi connectivity index (χ4v) is 4.35. The van der Waals surface area contributed by atoms with Crippen molar-refractivity contribution in [2.45, 2.75) is 40.5 Å². The number of hydrogen-bond donors (Lipinski definition) is 0. The second-order valence-electron chi connectivity index (χ2n) is 9.33. The van der Waals surface area contributed by atoms with E-state index in [0.717, 1.165) is 24.2 Å². The highest BCUT2D eigenvalue weighted by atomic mass is 19.1. The first kappa shape index (κ1) is 22.0. The summed E-state index contributed by atoms with van der Waals surface area (Å²) in [6, 6.07) is 21.9. The molecule has 0 atom stereocenters. The Bertz CT molecular complexity index is 1140. The summed E-state index contributed by atoms with van der Waals surface area (Å²) in [6.45, 7) is 9.04. The SMILES string of the molecule is CC(C)Cc1cc(-c2ccccc2)cc(CC(C)C)c1-n1ccnc1-c1ccc(F)cc1. The Morgan fingerprint density at radius 2 is 1.34 bits per heavy atom. The molecule has 0 fully saturated rings. The van der Waals surface area contributed by atoms with Crippen molar-refractivity contribution in [3.05, 3.63) is 96.1 Å². The molecule has 0 aliphatic rings. The average Bonchev–Trinajstić information content (AvgIpc) is 3.23. The number of hydrogen-bond acceptors (Lipinski definition) is 1. The third-order valence-electron chi connectivity index (χ3n) is 5.62.